The van der Waals surface area contributed by atoms with Gasteiger partial charge in [-0.15, -0.1) is 23.7 Å². The first kappa shape index (κ1) is 22.1. The lowest BCUT2D eigenvalue weighted by atomic mass is 10.1. The van der Waals surface area contributed by atoms with Gasteiger partial charge in [0.15, 0.2) is 5.13 Å². The van der Waals surface area contributed by atoms with Gasteiger partial charge in [0.1, 0.15) is 0 Å². The van der Waals surface area contributed by atoms with Crippen LogP contribution in [0.15, 0.2) is 24.3 Å². The zero-order valence-electron chi connectivity index (χ0n) is 15.8. The molecule has 0 N–H and O–H groups in total. The van der Waals surface area contributed by atoms with Crippen molar-refractivity contribution in [1.82, 2.24) is 9.88 Å². The second-order valence-electron chi connectivity index (χ2n) is 6.60. The Kier molecular flexibility index (Phi) is 7.65. The van der Waals surface area contributed by atoms with Crippen LogP contribution in [0.3, 0.4) is 0 Å². The molecule has 2 heterocycles. The van der Waals surface area contributed by atoms with Crippen molar-refractivity contribution in [3.63, 3.8) is 0 Å². The maximum atomic E-state index is 13.0. The quantitative estimate of drug-likeness (QED) is 0.525. The van der Waals surface area contributed by atoms with Crippen LogP contribution in [0, 0.1) is 13.8 Å². The zero-order chi connectivity index (χ0) is 18.8. The van der Waals surface area contributed by atoms with Gasteiger partial charge >= 0.3 is 0 Å². The van der Waals surface area contributed by atoms with E-state index < -0.39 is 0 Å². The summed E-state index contributed by atoms with van der Waals surface area (Å²) in [6.07, 6.45) is 0.346. The van der Waals surface area contributed by atoms with Crippen LogP contribution in [0.1, 0.15) is 16.0 Å². The fourth-order valence-electron chi connectivity index (χ4n) is 2.68. The smallest absolute Gasteiger partial charge is 0.234 e. The zero-order valence-corrected chi connectivity index (χ0v) is 19.0. The summed E-state index contributed by atoms with van der Waals surface area (Å²) in [4.78, 5) is 22.7. The van der Waals surface area contributed by atoms with Crippen molar-refractivity contribution in [2.24, 2.45) is 0 Å². The minimum atomic E-state index is 0. The van der Waals surface area contributed by atoms with E-state index in [1.807, 2.05) is 31.1 Å². The maximum absolute atomic E-state index is 13.0. The summed E-state index contributed by atoms with van der Waals surface area (Å²) in [6.45, 7) is 5.54. The summed E-state index contributed by atoms with van der Waals surface area (Å²) >= 11 is 9.06. The summed E-state index contributed by atoms with van der Waals surface area (Å²) in [5.41, 5.74) is 3.32. The standard InChI is InChI=1S/C19H22ClN3OS2.ClH/c1-12-5-6-13(2)18-17(12)21-19(26-18)23(10-9-22(3)4)16(24)11-14-7-8-15(20)25-14;/h5-8H,9-11H2,1-4H3;1H. The number of fused-ring (bicyclic) bond motifs is 1. The fourth-order valence-corrected chi connectivity index (χ4v) is 4.92. The molecule has 0 saturated carbocycles. The highest BCUT2D eigenvalue weighted by atomic mass is 35.5. The summed E-state index contributed by atoms with van der Waals surface area (Å²) in [6, 6.07) is 7.95. The van der Waals surface area contributed by atoms with E-state index in [2.05, 4.69) is 30.9 Å². The van der Waals surface area contributed by atoms with Crippen LogP contribution in [0.5, 0.6) is 0 Å². The molecule has 1 amide bonds. The molecule has 0 aliphatic carbocycles. The van der Waals surface area contributed by atoms with Crippen LogP contribution in [0.25, 0.3) is 10.2 Å². The van der Waals surface area contributed by atoms with Crippen molar-refractivity contribution in [2.45, 2.75) is 20.3 Å². The van der Waals surface area contributed by atoms with Gasteiger partial charge in [0.2, 0.25) is 5.91 Å². The maximum Gasteiger partial charge on any atom is 0.234 e. The fraction of sp³-hybridized carbons (Fsp3) is 0.368. The Balaban J connectivity index is 0.00000261. The summed E-state index contributed by atoms with van der Waals surface area (Å²) in [5.74, 6) is 0.0553. The number of carbonyl (C=O) groups is 1. The molecule has 8 heteroatoms. The molecule has 0 fully saturated rings. The van der Waals surface area contributed by atoms with Crippen LogP contribution in [-0.4, -0.2) is 43.0 Å². The Morgan fingerprint density at radius 3 is 2.37 bits per heavy atom. The number of likely N-dealkylation sites (N-methyl/N-ethyl adjacent to an activating group) is 1. The van der Waals surface area contributed by atoms with E-state index in [0.717, 1.165) is 32.3 Å². The molecular weight excluding hydrogens is 421 g/mol. The first-order chi connectivity index (χ1) is 12.3. The molecule has 0 aliphatic rings. The van der Waals surface area contributed by atoms with E-state index in [1.54, 1.807) is 11.3 Å². The largest absolute Gasteiger partial charge is 0.308 e. The number of aromatic nitrogens is 1. The molecule has 0 atom stereocenters. The first-order valence-corrected chi connectivity index (χ1v) is 10.4. The third-order valence-corrected chi connectivity index (χ3v) is 6.63. The number of thiazole rings is 1. The van der Waals surface area contributed by atoms with Gasteiger partial charge < -0.3 is 4.90 Å². The van der Waals surface area contributed by atoms with Crippen molar-refractivity contribution in [3.05, 3.63) is 44.6 Å². The van der Waals surface area contributed by atoms with E-state index in [9.17, 15) is 4.79 Å². The Labute approximate surface area is 179 Å². The molecule has 27 heavy (non-hydrogen) atoms. The number of hydrogen-bond donors (Lipinski definition) is 0. The number of thiophene rings is 1. The number of anilines is 1. The Bertz CT molecular complexity index is 897. The highest BCUT2D eigenvalue weighted by Crippen LogP contribution is 2.33. The molecule has 4 nitrogen and oxygen atoms in total. The predicted octanol–water partition coefficient (Wildman–Crippen LogP) is 5.19. The average molecular weight is 444 g/mol. The third kappa shape index (κ3) is 5.21. The SMILES string of the molecule is Cc1ccc(C)c2sc(N(CCN(C)C)C(=O)Cc3ccc(Cl)s3)nc12.Cl. The topological polar surface area (TPSA) is 36.4 Å². The molecule has 2 aromatic heterocycles. The summed E-state index contributed by atoms with van der Waals surface area (Å²) in [7, 11) is 4.02. The normalized spacial score (nSPS) is 11.0. The number of nitrogens with zero attached hydrogens (tertiary/aromatic N) is 3. The molecule has 3 rings (SSSR count). The Morgan fingerprint density at radius 1 is 1.07 bits per heavy atom. The van der Waals surface area contributed by atoms with Crippen LogP contribution < -0.4 is 4.90 Å². The van der Waals surface area contributed by atoms with Gasteiger partial charge in [-0.3, -0.25) is 9.69 Å². The highest BCUT2D eigenvalue weighted by Gasteiger charge is 2.21. The number of amides is 1. The van der Waals surface area contributed by atoms with Crippen molar-refractivity contribution < 1.29 is 4.79 Å². The Morgan fingerprint density at radius 2 is 1.78 bits per heavy atom. The van der Waals surface area contributed by atoms with E-state index in [4.69, 9.17) is 16.6 Å². The molecule has 0 unspecified atom stereocenters. The Hall–Kier alpha value is -1.18. The number of rotatable bonds is 6. The van der Waals surface area contributed by atoms with E-state index in [1.165, 1.54) is 16.9 Å². The molecule has 0 saturated heterocycles. The van der Waals surface area contributed by atoms with Crippen molar-refractivity contribution in [1.29, 1.82) is 0 Å². The molecule has 146 valence electrons. The van der Waals surface area contributed by atoms with Crippen LogP contribution in [-0.2, 0) is 11.2 Å². The highest BCUT2D eigenvalue weighted by molar-refractivity contribution is 7.22. The van der Waals surface area contributed by atoms with Crippen molar-refractivity contribution in [2.75, 3.05) is 32.1 Å². The molecule has 0 spiro atoms. The van der Waals surface area contributed by atoms with Gasteiger partial charge in [-0.2, -0.15) is 0 Å². The lowest BCUT2D eigenvalue weighted by Crippen LogP contribution is -2.37. The second-order valence-corrected chi connectivity index (χ2v) is 9.38. The van der Waals surface area contributed by atoms with E-state index >= 15 is 0 Å². The second kappa shape index (κ2) is 9.34. The van der Waals surface area contributed by atoms with Crippen molar-refractivity contribution in [3.8, 4) is 0 Å². The van der Waals surface area contributed by atoms with Crippen LogP contribution >= 0.6 is 46.7 Å². The third-order valence-electron chi connectivity index (χ3n) is 4.19. The molecule has 0 aliphatic heterocycles. The average Bonchev–Trinajstić information content (AvgIpc) is 3.18. The molecule has 3 aromatic rings. The monoisotopic (exact) mass is 443 g/mol. The number of benzene rings is 1. The minimum absolute atomic E-state index is 0. The van der Waals surface area contributed by atoms with Gasteiger partial charge in [-0.1, -0.05) is 35.1 Å². The number of halogens is 2. The van der Waals surface area contributed by atoms with Crippen LogP contribution in [0.2, 0.25) is 4.34 Å². The van der Waals surface area contributed by atoms with Gasteiger partial charge in [-0.05, 0) is 51.2 Å². The lowest BCUT2D eigenvalue weighted by Gasteiger charge is -2.21. The van der Waals surface area contributed by atoms with Gasteiger partial charge in [0, 0.05) is 18.0 Å². The van der Waals surface area contributed by atoms with Gasteiger partial charge in [0.05, 0.1) is 21.0 Å². The number of aryl methyl sites for hydroxylation is 2. The molecule has 0 bridgehead atoms. The van der Waals surface area contributed by atoms with Gasteiger partial charge in [-0.25, -0.2) is 4.98 Å². The van der Waals surface area contributed by atoms with E-state index in [-0.39, 0.29) is 18.3 Å². The molecule has 0 radical (unpaired) electrons. The lowest BCUT2D eigenvalue weighted by molar-refractivity contribution is -0.118. The van der Waals surface area contributed by atoms with Gasteiger partial charge in [0.25, 0.3) is 0 Å². The summed E-state index contributed by atoms with van der Waals surface area (Å²) in [5, 5.41) is 0.770. The summed E-state index contributed by atoms with van der Waals surface area (Å²) < 4.78 is 1.86. The van der Waals surface area contributed by atoms with Crippen molar-refractivity contribution >= 4 is 67.9 Å². The first-order valence-electron chi connectivity index (χ1n) is 8.41. The number of carbonyl (C=O) groups excluding carboxylic acids is 1. The van der Waals surface area contributed by atoms with E-state index in [0.29, 0.717) is 17.3 Å². The molecule has 1 aromatic carbocycles. The molecular formula is C19H23Cl2N3OS2. The van der Waals surface area contributed by atoms with Crippen LogP contribution in [0.4, 0.5) is 5.13 Å². The number of hydrogen-bond acceptors (Lipinski definition) is 5. The predicted molar refractivity (Wildman–Crippen MR) is 120 cm³/mol. The minimum Gasteiger partial charge on any atom is -0.308 e.